The van der Waals surface area contributed by atoms with E-state index in [0.29, 0.717) is 0 Å². The third kappa shape index (κ3) is 3.80. The summed E-state index contributed by atoms with van der Waals surface area (Å²) in [7, 11) is 0. The number of hydrogen-bond donors (Lipinski definition) is 1. The molecule has 1 N–H and O–H groups in total. The zero-order valence-corrected chi connectivity index (χ0v) is 11.5. The van der Waals surface area contributed by atoms with Crippen molar-refractivity contribution in [3.63, 3.8) is 0 Å². The second-order valence-corrected chi connectivity index (χ2v) is 4.38. The standard InChI is InChI=1S/C18H14.CH2O2/c1-3-9-15(10-4-1)17-13-7-8-14-18(17)16-11-5-2-6-12-16;2-1-3/h1-14H;1H,(H,2,3). The van der Waals surface area contributed by atoms with Crippen LogP contribution in [0.15, 0.2) is 84.9 Å². The molecule has 0 aliphatic rings. The highest BCUT2D eigenvalue weighted by Crippen LogP contribution is 2.31. The summed E-state index contributed by atoms with van der Waals surface area (Å²) in [6, 6.07) is 29.6. The Morgan fingerprint density at radius 1 is 0.571 bits per heavy atom. The van der Waals surface area contributed by atoms with E-state index in [1.165, 1.54) is 22.3 Å². The molecule has 2 nitrogen and oxygen atoms in total. The third-order valence-corrected chi connectivity index (χ3v) is 3.10. The van der Waals surface area contributed by atoms with E-state index in [9.17, 15) is 0 Å². The molecule has 0 aliphatic carbocycles. The minimum absolute atomic E-state index is 0.250. The smallest absolute Gasteiger partial charge is 0.290 e. The zero-order valence-electron chi connectivity index (χ0n) is 11.5. The van der Waals surface area contributed by atoms with Crippen LogP contribution in [-0.4, -0.2) is 11.6 Å². The zero-order chi connectivity index (χ0) is 14.9. The van der Waals surface area contributed by atoms with E-state index in [0.717, 1.165) is 0 Å². The lowest BCUT2D eigenvalue weighted by Gasteiger charge is -2.09. The third-order valence-electron chi connectivity index (χ3n) is 3.10. The lowest BCUT2D eigenvalue weighted by molar-refractivity contribution is -0.122. The Morgan fingerprint density at radius 3 is 1.19 bits per heavy atom. The number of hydrogen-bond acceptors (Lipinski definition) is 1. The first-order chi connectivity index (χ1) is 10.4. The van der Waals surface area contributed by atoms with Gasteiger partial charge in [-0.2, -0.15) is 0 Å². The van der Waals surface area contributed by atoms with Crippen LogP contribution in [-0.2, 0) is 4.79 Å². The fourth-order valence-electron chi connectivity index (χ4n) is 2.22. The minimum Gasteiger partial charge on any atom is -0.483 e. The van der Waals surface area contributed by atoms with Crippen LogP contribution < -0.4 is 0 Å². The molecule has 0 spiro atoms. The van der Waals surface area contributed by atoms with Crippen LogP contribution in [0, 0.1) is 0 Å². The molecule has 2 heteroatoms. The summed E-state index contributed by atoms with van der Waals surface area (Å²) in [6.45, 7) is -0.250. The van der Waals surface area contributed by atoms with Crippen molar-refractivity contribution in [2.45, 2.75) is 0 Å². The van der Waals surface area contributed by atoms with Gasteiger partial charge in [0.1, 0.15) is 0 Å². The Hall–Kier alpha value is -2.87. The van der Waals surface area contributed by atoms with E-state index in [1.54, 1.807) is 0 Å². The fraction of sp³-hybridized carbons (Fsp3) is 0. The van der Waals surface area contributed by atoms with Crippen LogP contribution >= 0.6 is 0 Å². The van der Waals surface area contributed by atoms with Crippen molar-refractivity contribution in [1.82, 2.24) is 0 Å². The van der Waals surface area contributed by atoms with Crippen molar-refractivity contribution in [2.24, 2.45) is 0 Å². The average Bonchev–Trinajstić information content (AvgIpc) is 2.57. The van der Waals surface area contributed by atoms with Gasteiger partial charge in [0.2, 0.25) is 0 Å². The molecule has 0 saturated heterocycles. The van der Waals surface area contributed by atoms with Gasteiger partial charge in [-0.3, -0.25) is 4.79 Å². The molecule has 3 rings (SSSR count). The molecule has 0 unspecified atom stereocenters. The van der Waals surface area contributed by atoms with Crippen LogP contribution in [0.2, 0.25) is 0 Å². The van der Waals surface area contributed by atoms with Gasteiger partial charge in [0.15, 0.2) is 0 Å². The molecule has 21 heavy (non-hydrogen) atoms. The molecule has 0 saturated carbocycles. The summed E-state index contributed by atoms with van der Waals surface area (Å²) in [5.41, 5.74) is 5.09. The van der Waals surface area contributed by atoms with Crippen molar-refractivity contribution in [3.05, 3.63) is 84.9 Å². The molecule has 0 heterocycles. The summed E-state index contributed by atoms with van der Waals surface area (Å²) in [5, 5.41) is 6.89. The Balaban J connectivity index is 0.000000497. The highest BCUT2D eigenvalue weighted by atomic mass is 16.3. The number of rotatable bonds is 2. The quantitative estimate of drug-likeness (QED) is 0.687. The van der Waals surface area contributed by atoms with E-state index in [-0.39, 0.29) is 6.47 Å². The largest absolute Gasteiger partial charge is 0.483 e. The first-order valence-corrected chi connectivity index (χ1v) is 6.64. The molecule has 0 bridgehead atoms. The van der Waals surface area contributed by atoms with Crippen molar-refractivity contribution in [1.29, 1.82) is 0 Å². The highest BCUT2D eigenvalue weighted by molar-refractivity contribution is 5.83. The molecule has 3 aromatic carbocycles. The molecule has 104 valence electrons. The molecule has 0 aliphatic heterocycles. The van der Waals surface area contributed by atoms with E-state index in [2.05, 4.69) is 84.9 Å². The first kappa shape index (κ1) is 14.5. The maximum atomic E-state index is 8.36. The van der Waals surface area contributed by atoms with E-state index < -0.39 is 0 Å². The van der Waals surface area contributed by atoms with Crippen LogP contribution in [0.1, 0.15) is 0 Å². The topological polar surface area (TPSA) is 37.3 Å². The highest BCUT2D eigenvalue weighted by Gasteiger charge is 2.05. The Bertz CT molecular complexity index is 618. The van der Waals surface area contributed by atoms with Crippen molar-refractivity contribution in [3.8, 4) is 22.3 Å². The maximum Gasteiger partial charge on any atom is 0.290 e. The van der Waals surface area contributed by atoms with Crippen molar-refractivity contribution in [2.75, 3.05) is 0 Å². The summed E-state index contributed by atoms with van der Waals surface area (Å²) in [4.78, 5) is 8.36. The van der Waals surface area contributed by atoms with Crippen molar-refractivity contribution >= 4 is 6.47 Å². The van der Waals surface area contributed by atoms with Gasteiger partial charge in [-0.15, -0.1) is 0 Å². The Labute approximate surface area is 124 Å². The molecule has 3 aromatic rings. The SMILES string of the molecule is O=CO.c1ccc(-c2ccccc2-c2ccccc2)cc1. The minimum atomic E-state index is -0.250. The van der Waals surface area contributed by atoms with Crippen LogP contribution in [0.3, 0.4) is 0 Å². The van der Waals surface area contributed by atoms with E-state index >= 15 is 0 Å². The van der Waals surface area contributed by atoms with Gasteiger partial charge in [-0.05, 0) is 22.3 Å². The predicted molar refractivity (Wildman–Crippen MR) is 86.0 cm³/mol. The van der Waals surface area contributed by atoms with Crippen molar-refractivity contribution < 1.29 is 9.90 Å². The lowest BCUT2D eigenvalue weighted by atomic mass is 9.95. The number of carbonyl (C=O) groups is 1. The van der Waals surface area contributed by atoms with Gasteiger partial charge in [0.05, 0.1) is 0 Å². The molecule has 0 amide bonds. The first-order valence-electron chi connectivity index (χ1n) is 6.64. The number of benzene rings is 3. The molecular formula is C19H16O2. The second-order valence-electron chi connectivity index (χ2n) is 4.38. The van der Waals surface area contributed by atoms with E-state index in [1.807, 2.05) is 0 Å². The lowest BCUT2D eigenvalue weighted by Crippen LogP contribution is -1.83. The predicted octanol–water partition coefficient (Wildman–Crippen LogP) is 4.72. The van der Waals surface area contributed by atoms with Gasteiger partial charge in [-0.25, -0.2) is 0 Å². The molecular weight excluding hydrogens is 260 g/mol. The average molecular weight is 276 g/mol. The Kier molecular flexibility index (Phi) is 5.30. The monoisotopic (exact) mass is 276 g/mol. The second kappa shape index (κ2) is 7.65. The van der Waals surface area contributed by atoms with Crippen LogP contribution in [0.5, 0.6) is 0 Å². The normalized spacial score (nSPS) is 9.33. The molecule has 0 fully saturated rings. The summed E-state index contributed by atoms with van der Waals surface area (Å²) < 4.78 is 0. The maximum absolute atomic E-state index is 8.36. The summed E-state index contributed by atoms with van der Waals surface area (Å²) in [5.74, 6) is 0. The van der Waals surface area contributed by atoms with Gasteiger partial charge in [0.25, 0.3) is 6.47 Å². The van der Waals surface area contributed by atoms with Crippen LogP contribution in [0.4, 0.5) is 0 Å². The van der Waals surface area contributed by atoms with Gasteiger partial charge < -0.3 is 5.11 Å². The van der Waals surface area contributed by atoms with Gasteiger partial charge in [0, 0.05) is 0 Å². The molecule has 0 atom stereocenters. The summed E-state index contributed by atoms with van der Waals surface area (Å²) >= 11 is 0. The van der Waals surface area contributed by atoms with Gasteiger partial charge >= 0.3 is 0 Å². The molecule has 0 radical (unpaired) electrons. The Morgan fingerprint density at radius 2 is 0.857 bits per heavy atom. The summed E-state index contributed by atoms with van der Waals surface area (Å²) in [6.07, 6.45) is 0. The number of carboxylic acid groups (broad SMARTS) is 1. The van der Waals surface area contributed by atoms with E-state index in [4.69, 9.17) is 9.90 Å². The van der Waals surface area contributed by atoms with Crippen LogP contribution in [0.25, 0.3) is 22.3 Å². The van der Waals surface area contributed by atoms with Gasteiger partial charge in [-0.1, -0.05) is 84.9 Å². The molecule has 0 aromatic heterocycles. The fourth-order valence-corrected chi connectivity index (χ4v) is 2.22.